The van der Waals surface area contributed by atoms with Crippen LogP contribution in [0.15, 0.2) is 66.7 Å². The van der Waals surface area contributed by atoms with E-state index in [-0.39, 0.29) is 6.61 Å². The fraction of sp³-hybridized carbons (Fsp3) is 0.387. The Morgan fingerprint density at radius 2 is 1.58 bits per heavy atom. The van der Waals surface area contributed by atoms with Crippen LogP contribution in [0.1, 0.15) is 45.2 Å². The lowest BCUT2D eigenvalue weighted by atomic mass is 9.94. The summed E-state index contributed by atoms with van der Waals surface area (Å²) in [6.45, 7) is 7.37. The number of amides is 1. The number of ether oxygens (including phenoxy) is 3. The van der Waals surface area contributed by atoms with Crippen LogP contribution in [0.5, 0.6) is 11.5 Å². The number of hydrogen-bond donors (Lipinski definition) is 2. The molecule has 3 aromatic carbocycles. The van der Waals surface area contributed by atoms with Crippen LogP contribution >= 0.6 is 11.6 Å². The quantitative estimate of drug-likeness (QED) is 0.279. The van der Waals surface area contributed by atoms with Gasteiger partial charge >= 0.3 is 6.09 Å². The largest absolute Gasteiger partial charge is 0.493 e. The summed E-state index contributed by atoms with van der Waals surface area (Å²) >= 11 is 6.58. The van der Waals surface area contributed by atoms with Crippen molar-refractivity contribution >= 4 is 17.7 Å². The van der Waals surface area contributed by atoms with Gasteiger partial charge in [0.15, 0.2) is 11.5 Å². The van der Waals surface area contributed by atoms with Gasteiger partial charge in [0.05, 0.1) is 30.9 Å². The van der Waals surface area contributed by atoms with Gasteiger partial charge in [0.2, 0.25) is 0 Å². The Bertz CT molecular complexity index is 1190. The van der Waals surface area contributed by atoms with Crippen molar-refractivity contribution in [3.63, 3.8) is 0 Å². The molecule has 0 fully saturated rings. The summed E-state index contributed by atoms with van der Waals surface area (Å²) in [5.74, 6) is 1.04. The summed E-state index contributed by atoms with van der Waals surface area (Å²) < 4.78 is 16.9. The highest BCUT2D eigenvalue weighted by molar-refractivity contribution is 6.32. The zero-order chi connectivity index (χ0) is 27.8. The molecule has 0 aromatic heterocycles. The van der Waals surface area contributed by atoms with Crippen LogP contribution in [0, 0.1) is 0 Å². The fourth-order valence-corrected chi connectivity index (χ4v) is 4.26. The molecule has 0 bridgehead atoms. The number of aryl methyl sites for hydroxylation is 1. The number of aliphatic hydroxyl groups excluding tert-OH is 1. The van der Waals surface area contributed by atoms with Gasteiger partial charge in [0.25, 0.3) is 0 Å². The number of rotatable bonds is 11. The minimum Gasteiger partial charge on any atom is -0.493 e. The van der Waals surface area contributed by atoms with Crippen molar-refractivity contribution in [2.75, 3.05) is 20.3 Å². The van der Waals surface area contributed by atoms with Crippen LogP contribution in [-0.2, 0) is 17.6 Å². The number of nitrogens with one attached hydrogen (secondary N) is 1. The van der Waals surface area contributed by atoms with Gasteiger partial charge in [0.1, 0.15) is 5.60 Å². The molecule has 0 aliphatic rings. The minimum absolute atomic E-state index is 0.232. The van der Waals surface area contributed by atoms with Crippen LogP contribution in [-0.4, -0.2) is 42.7 Å². The maximum absolute atomic E-state index is 12.2. The predicted molar refractivity (Wildman–Crippen MR) is 152 cm³/mol. The van der Waals surface area contributed by atoms with Gasteiger partial charge in [-0.1, -0.05) is 66.2 Å². The highest BCUT2D eigenvalue weighted by Crippen LogP contribution is 2.37. The molecule has 38 heavy (non-hydrogen) atoms. The molecule has 0 saturated heterocycles. The van der Waals surface area contributed by atoms with Crippen molar-refractivity contribution in [3.05, 3.63) is 82.9 Å². The average Bonchev–Trinajstić information content (AvgIpc) is 2.88. The first-order valence-corrected chi connectivity index (χ1v) is 13.2. The van der Waals surface area contributed by atoms with Crippen LogP contribution in [0.3, 0.4) is 0 Å². The molecule has 0 aliphatic carbocycles. The Morgan fingerprint density at radius 1 is 0.921 bits per heavy atom. The lowest BCUT2D eigenvalue weighted by Crippen LogP contribution is -2.50. The first-order chi connectivity index (χ1) is 18.0. The maximum Gasteiger partial charge on any atom is 0.408 e. The molecule has 0 spiro atoms. The number of hydrogen-bond acceptors (Lipinski definition) is 5. The highest BCUT2D eigenvalue weighted by Gasteiger charge is 2.28. The Balaban J connectivity index is 1.59. The Kier molecular flexibility index (Phi) is 10.1. The second-order valence-electron chi connectivity index (χ2n) is 10.6. The van der Waals surface area contributed by atoms with Crippen LogP contribution in [0.25, 0.3) is 11.1 Å². The van der Waals surface area contributed by atoms with Crippen LogP contribution < -0.4 is 14.8 Å². The van der Waals surface area contributed by atoms with Gasteiger partial charge in [-0.25, -0.2) is 4.79 Å². The summed E-state index contributed by atoms with van der Waals surface area (Å²) in [5.41, 5.74) is 2.95. The first-order valence-electron chi connectivity index (χ1n) is 12.8. The molecule has 3 aromatic rings. The van der Waals surface area contributed by atoms with E-state index in [4.69, 9.17) is 25.8 Å². The third-order valence-corrected chi connectivity index (χ3v) is 6.39. The molecule has 1 atom stereocenters. The van der Waals surface area contributed by atoms with E-state index in [2.05, 4.69) is 41.7 Å². The summed E-state index contributed by atoms with van der Waals surface area (Å²) in [6.07, 6.45) is 1.18. The lowest BCUT2D eigenvalue weighted by Gasteiger charge is -2.30. The van der Waals surface area contributed by atoms with Crippen LogP contribution in [0.2, 0.25) is 5.02 Å². The van der Waals surface area contributed by atoms with Crippen molar-refractivity contribution in [3.8, 4) is 22.6 Å². The summed E-state index contributed by atoms with van der Waals surface area (Å²) in [4.78, 5) is 12.2. The van der Waals surface area contributed by atoms with E-state index in [0.29, 0.717) is 36.0 Å². The fourth-order valence-electron chi connectivity index (χ4n) is 3.97. The topological polar surface area (TPSA) is 77.0 Å². The molecule has 1 unspecified atom stereocenters. The first kappa shape index (κ1) is 29.3. The van der Waals surface area contributed by atoms with Crippen LogP contribution in [0.4, 0.5) is 4.79 Å². The molecule has 6 nitrogen and oxygen atoms in total. The minimum atomic E-state index is -0.854. The number of methoxy groups -OCH3 is 1. The van der Waals surface area contributed by atoms with E-state index in [1.54, 1.807) is 34.8 Å². The molecule has 0 aliphatic heterocycles. The van der Waals surface area contributed by atoms with E-state index in [9.17, 15) is 9.90 Å². The molecule has 2 N–H and O–H groups in total. The normalized spacial score (nSPS) is 12.9. The molecule has 0 saturated carbocycles. The highest BCUT2D eigenvalue weighted by atomic mass is 35.5. The number of carbonyl (C=O) groups excluding carboxylic acids is 1. The average molecular weight is 540 g/mol. The molecule has 3 rings (SSSR count). The summed E-state index contributed by atoms with van der Waals surface area (Å²) in [7, 11) is 1.58. The number of aliphatic hydroxyl groups is 1. The molecule has 0 heterocycles. The third kappa shape index (κ3) is 8.67. The molecular weight excluding hydrogens is 502 g/mol. The van der Waals surface area contributed by atoms with E-state index in [1.807, 2.05) is 30.3 Å². The van der Waals surface area contributed by atoms with Crippen molar-refractivity contribution in [2.24, 2.45) is 0 Å². The maximum atomic E-state index is 12.2. The smallest absolute Gasteiger partial charge is 0.408 e. The second kappa shape index (κ2) is 13.0. The second-order valence-corrected chi connectivity index (χ2v) is 11.0. The number of alkyl carbamates (subject to hydrolysis) is 1. The van der Waals surface area contributed by atoms with Gasteiger partial charge in [-0.05, 0) is 74.9 Å². The van der Waals surface area contributed by atoms with Crippen molar-refractivity contribution in [2.45, 2.75) is 58.1 Å². The van der Waals surface area contributed by atoms with Gasteiger partial charge in [-0.15, -0.1) is 0 Å². The Labute approximate surface area is 230 Å². The van der Waals surface area contributed by atoms with Crippen molar-refractivity contribution in [1.82, 2.24) is 5.32 Å². The van der Waals surface area contributed by atoms with E-state index < -0.39 is 17.2 Å². The van der Waals surface area contributed by atoms with E-state index >= 15 is 0 Å². The Morgan fingerprint density at radius 3 is 2.18 bits per heavy atom. The van der Waals surface area contributed by atoms with Gasteiger partial charge in [-0.3, -0.25) is 0 Å². The molecule has 1 amide bonds. The molecule has 204 valence electrons. The SMILES string of the molecule is COc1cc(CCC(C)(CO)NC(=O)OC(C)(C)C)cc(Cl)c1OCCc1ccc(-c2ccccc2)cc1. The predicted octanol–water partition coefficient (Wildman–Crippen LogP) is 6.85. The van der Waals surface area contributed by atoms with Crippen molar-refractivity contribution < 1.29 is 24.1 Å². The number of halogens is 1. The Hall–Kier alpha value is -3.22. The summed E-state index contributed by atoms with van der Waals surface area (Å²) in [6, 6.07) is 22.4. The monoisotopic (exact) mass is 539 g/mol. The third-order valence-electron chi connectivity index (χ3n) is 6.10. The van der Waals surface area contributed by atoms with Crippen molar-refractivity contribution in [1.29, 1.82) is 0 Å². The number of carbonyl (C=O) groups is 1. The molecular formula is C31H38ClNO5. The van der Waals surface area contributed by atoms with Gasteiger partial charge in [0, 0.05) is 6.42 Å². The van der Waals surface area contributed by atoms with Gasteiger partial charge in [-0.2, -0.15) is 0 Å². The number of benzene rings is 3. The lowest BCUT2D eigenvalue weighted by molar-refractivity contribution is 0.0407. The van der Waals surface area contributed by atoms with Gasteiger partial charge < -0.3 is 24.6 Å². The standard InChI is InChI=1S/C31H38ClNO5/c1-30(2,3)38-29(35)33-31(4,21-34)17-15-23-19-26(32)28(27(20-23)36-5)37-18-16-22-11-13-25(14-12-22)24-9-7-6-8-10-24/h6-14,19-20,34H,15-18,21H2,1-5H3,(H,33,35). The summed E-state index contributed by atoms with van der Waals surface area (Å²) in [5, 5.41) is 13.2. The molecule has 0 radical (unpaired) electrons. The molecule has 7 heteroatoms. The zero-order valence-corrected chi connectivity index (χ0v) is 23.6. The van der Waals surface area contributed by atoms with E-state index in [0.717, 1.165) is 17.5 Å². The van der Waals surface area contributed by atoms with E-state index in [1.165, 1.54) is 11.1 Å². The zero-order valence-electron chi connectivity index (χ0n) is 22.8.